The number of hydrogen-bond donors (Lipinski definition) is 3. The summed E-state index contributed by atoms with van der Waals surface area (Å²) in [6.45, 7) is 11.1. The summed E-state index contributed by atoms with van der Waals surface area (Å²) in [4.78, 5) is 0. The molecule has 0 spiro atoms. The molecule has 3 aliphatic carbocycles. The number of halogens is 1. The van der Waals surface area contributed by atoms with Crippen molar-refractivity contribution in [2.75, 3.05) is 0 Å². The molecule has 2 bridgehead atoms. The van der Waals surface area contributed by atoms with Gasteiger partial charge in [0.2, 0.25) is 0 Å². The molecular formula is C28H51IO3. The smallest absolute Gasteiger partial charge is 0.0597 e. The molecule has 0 heterocycles. The first kappa shape index (κ1) is 27.2. The third kappa shape index (κ3) is 6.43. The van der Waals surface area contributed by atoms with E-state index in [0.717, 1.165) is 48.4 Å². The summed E-state index contributed by atoms with van der Waals surface area (Å²) in [5, 5.41) is 32.5. The molecule has 3 rings (SSSR count). The van der Waals surface area contributed by atoms with Gasteiger partial charge in [-0.1, -0.05) is 50.3 Å². The molecule has 3 fully saturated rings. The van der Waals surface area contributed by atoms with Gasteiger partial charge >= 0.3 is 0 Å². The Bertz CT molecular complexity index is 589. The molecule has 0 saturated heterocycles. The van der Waals surface area contributed by atoms with Gasteiger partial charge in [0.05, 0.1) is 18.3 Å². The molecule has 0 radical (unpaired) electrons. The molecule has 188 valence electrons. The van der Waals surface area contributed by atoms with Crippen molar-refractivity contribution in [1.29, 1.82) is 0 Å². The van der Waals surface area contributed by atoms with Crippen molar-refractivity contribution in [1.82, 2.24) is 0 Å². The molecule has 3 saturated carbocycles. The number of hydrogen-bond acceptors (Lipinski definition) is 3. The largest absolute Gasteiger partial charge is 0.393 e. The third-order valence-corrected chi connectivity index (χ3v) is 11.5. The van der Waals surface area contributed by atoms with Crippen LogP contribution < -0.4 is 0 Å². The zero-order valence-electron chi connectivity index (χ0n) is 21.4. The first-order valence-electron chi connectivity index (χ1n) is 13.6. The van der Waals surface area contributed by atoms with Gasteiger partial charge in [-0.2, -0.15) is 0 Å². The molecule has 0 amide bonds. The van der Waals surface area contributed by atoms with E-state index < -0.39 is 6.10 Å². The van der Waals surface area contributed by atoms with Gasteiger partial charge < -0.3 is 15.3 Å². The Labute approximate surface area is 211 Å². The predicted molar refractivity (Wildman–Crippen MR) is 142 cm³/mol. The van der Waals surface area contributed by atoms with E-state index in [9.17, 15) is 15.3 Å². The summed E-state index contributed by atoms with van der Waals surface area (Å²) < 4.78 is 0.756. The zero-order chi connectivity index (χ0) is 23.7. The molecule has 9 atom stereocenters. The van der Waals surface area contributed by atoms with Gasteiger partial charge in [-0.05, 0) is 124 Å². The van der Waals surface area contributed by atoms with Gasteiger partial charge in [-0.25, -0.2) is 0 Å². The second kappa shape index (κ2) is 11.1. The van der Waals surface area contributed by atoms with Crippen molar-refractivity contribution in [3.05, 3.63) is 0 Å². The Morgan fingerprint density at radius 3 is 2.09 bits per heavy atom. The van der Waals surface area contributed by atoms with Gasteiger partial charge in [-0.3, -0.25) is 0 Å². The fraction of sp³-hybridized carbons (Fsp3) is 1.00. The standard InChI is InChI=1S/C28H51IO3/c1-18(25(31)13-9-22-16-27(4)14-15-28(22,5)17-27)6-12-24(20(3)30)19(2)26(32)21-7-10-23(29)11-8-21/h18-26,30-32H,6-17H2,1-5H3/t18?,19?,20?,21?,22-,23?,24?,25?,26?,27-,28?/m1/s1. The molecular weight excluding hydrogens is 511 g/mol. The second-order valence-electron chi connectivity index (χ2n) is 13.0. The minimum Gasteiger partial charge on any atom is -0.393 e. The lowest BCUT2D eigenvalue weighted by atomic mass is 9.72. The van der Waals surface area contributed by atoms with E-state index in [1.165, 1.54) is 38.5 Å². The number of fused-ring (bicyclic) bond motifs is 2. The zero-order valence-corrected chi connectivity index (χ0v) is 23.6. The van der Waals surface area contributed by atoms with E-state index in [0.29, 0.717) is 16.7 Å². The van der Waals surface area contributed by atoms with Crippen molar-refractivity contribution in [3.8, 4) is 0 Å². The first-order chi connectivity index (χ1) is 14.9. The average Bonchev–Trinajstić information content (AvgIpc) is 3.19. The molecule has 3 N–H and O–H groups in total. The maximum Gasteiger partial charge on any atom is 0.0597 e. The lowest BCUT2D eigenvalue weighted by molar-refractivity contribution is -0.0223. The molecule has 32 heavy (non-hydrogen) atoms. The fourth-order valence-electron chi connectivity index (χ4n) is 7.90. The van der Waals surface area contributed by atoms with E-state index in [-0.39, 0.29) is 30.0 Å². The van der Waals surface area contributed by atoms with Gasteiger partial charge in [0, 0.05) is 3.92 Å². The van der Waals surface area contributed by atoms with Crippen LogP contribution in [0.3, 0.4) is 0 Å². The molecule has 0 aliphatic heterocycles. The quantitative estimate of drug-likeness (QED) is 0.193. The van der Waals surface area contributed by atoms with Crippen LogP contribution in [0.1, 0.15) is 112 Å². The summed E-state index contributed by atoms with van der Waals surface area (Å²) in [6, 6.07) is 0. The normalized spacial score (nSPS) is 40.6. The van der Waals surface area contributed by atoms with Crippen molar-refractivity contribution in [2.24, 2.45) is 40.4 Å². The van der Waals surface area contributed by atoms with Crippen LogP contribution in [0.15, 0.2) is 0 Å². The highest BCUT2D eigenvalue weighted by Crippen LogP contribution is 2.65. The monoisotopic (exact) mass is 562 g/mol. The minimum atomic E-state index is -0.417. The van der Waals surface area contributed by atoms with E-state index >= 15 is 0 Å². The lowest BCUT2D eigenvalue weighted by Crippen LogP contribution is -2.38. The molecule has 0 aromatic carbocycles. The van der Waals surface area contributed by atoms with E-state index in [2.05, 4.69) is 50.3 Å². The minimum absolute atomic E-state index is 0.0985. The van der Waals surface area contributed by atoms with Crippen molar-refractivity contribution in [3.63, 3.8) is 0 Å². The van der Waals surface area contributed by atoms with Crippen LogP contribution in [0.5, 0.6) is 0 Å². The first-order valence-corrected chi connectivity index (χ1v) is 14.9. The molecule has 3 nitrogen and oxygen atoms in total. The Kier molecular flexibility index (Phi) is 9.45. The van der Waals surface area contributed by atoms with Gasteiger partial charge in [-0.15, -0.1) is 0 Å². The maximum absolute atomic E-state index is 11.1. The van der Waals surface area contributed by atoms with Crippen molar-refractivity contribution >= 4 is 22.6 Å². The Morgan fingerprint density at radius 2 is 1.56 bits per heavy atom. The Hall–Kier alpha value is 0.610. The van der Waals surface area contributed by atoms with Crippen LogP contribution in [0, 0.1) is 40.4 Å². The summed E-state index contributed by atoms with van der Waals surface area (Å²) in [7, 11) is 0. The van der Waals surface area contributed by atoms with Crippen LogP contribution in [-0.4, -0.2) is 37.6 Å². The van der Waals surface area contributed by atoms with Crippen LogP contribution >= 0.6 is 22.6 Å². The number of alkyl halides is 1. The maximum atomic E-state index is 11.1. The topological polar surface area (TPSA) is 60.7 Å². The highest BCUT2D eigenvalue weighted by molar-refractivity contribution is 14.1. The highest BCUT2D eigenvalue weighted by Gasteiger charge is 2.54. The average molecular weight is 563 g/mol. The molecule has 0 aromatic heterocycles. The second-order valence-corrected chi connectivity index (χ2v) is 14.8. The summed E-state index contributed by atoms with van der Waals surface area (Å²) in [5.41, 5.74) is 1.07. The summed E-state index contributed by atoms with van der Waals surface area (Å²) in [5.74, 6) is 1.61. The third-order valence-electron chi connectivity index (χ3n) is 10.3. The Morgan fingerprint density at radius 1 is 0.906 bits per heavy atom. The lowest BCUT2D eigenvalue weighted by Gasteiger charge is -2.37. The van der Waals surface area contributed by atoms with Crippen LogP contribution in [0.2, 0.25) is 0 Å². The van der Waals surface area contributed by atoms with E-state index in [1.54, 1.807) is 0 Å². The number of rotatable bonds is 11. The van der Waals surface area contributed by atoms with Crippen molar-refractivity contribution < 1.29 is 15.3 Å². The molecule has 7 unspecified atom stereocenters. The SMILES string of the molecule is CC(O)C(CCC(C)C(O)CC[C@@H]1C[C@@]2(C)CCC1(C)C2)C(C)C(O)C1CCC(I)CC1. The highest BCUT2D eigenvalue weighted by atomic mass is 127. The molecule has 4 heteroatoms. The predicted octanol–water partition coefficient (Wildman–Crippen LogP) is 6.75. The number of aliphatic hydroxyl groups excluding tert-OH is 3. The fourth-order valence-corrected chi connectivity index (χ4v) is 8.62. The van der Waals surface area contributed by atoms with Gasteiger partial charge in [0.25, 0.3) is 0 Å². The summed E-state index contributed by atoms with van der Waals surface area (Å²) in [6.07, 6.45) is 13.0. The summed E-state index contributed by atoms with van der Waals surface area (Å²) >= 11 is 2.54. The van der Waals surface area contributed by atoms with Crippen LogP contribution in [-0.2, 0) is 0 Å². The van der Waals surface area contributed by atoms with E-state index in [1.807, 2.05) is 6.92 Å². The van der Waals surface area contributed by atoms with Crippen LogP contribution in [0.25, 0.3) is 0 Å². The van der Waals surface area contributed by atoms with Crippen molar-refractivity contribution in [2.45, 2.75) is 134 Å². The van der Waals surface area contributed by atoms with Crippen LogP contribution in [0.4, 0.5) is 0 Å². The molecule has 0 aromatic rings. The van der Waals surface area contributed by atoms with E-state index in [4.69, 9.17) is 0 Å². The molecule has 3 aliphatic rings. The number of aliphatic hydroxyl groups is 3. The van der Waals surface area contributed by atoms with Gasteiger partial charge in [0.15, 0.2) is 0 Å². The Balaban J connectivity index is 1.45. The van der Waals surface area contributed by atoms with Gasteiger partial charge in [0.1, 0.15) is 0 Å².